The molecule has 2 aliphatic heterocycles. The van der Waals surface area contributed by atoms with Gasteiger partial charge in [0.25, 0.3) is 0 Å². The SMILES string of the molecule is CC(C)c1nc(CN(C)C2CCN(C(=O)C3(N)CCOCC3)C2)no1.Cl.Cl. The summed E-state index contributed by atoms with van der Waals surface area (Å²) >= 11 is 0. The van der Waals surface area contributed by atoms with Crippen LogP contribution in [0.25, 0.3) is 0 Å². The van der Waals surface area contributed by atoms with Crippen LogP contribution in [0.2, 0.25) is 0 Å². The molecule has 2 aliphatic rings. The van der Waals surface area contributed by atoms with Gasteiger partial charge in [-0.1, -0.05) is 19.0 Å². The second kappa shape index (κ2) is 10.0. The van der Waals surface area contributed by atoms with E-state index in [1.807, 2.05) is 25.8 Å². The highest BCUT2D eigenvalue weighted by Crippen LogP contribution is 2.24. The molecule has 1 aromatic rings. The van der Waals surface area contributed by atoms with Gasteiger partial charge in [0.05, 0.1) is 12.1 Å². The first-order valence-corrected chi connectivity index (χ1v) is 9.08. The molecule has 1 unspecified atom stereocenters. The number of hydrogen-bond acceptors (Lipinski definition) is 7. The minimum Gasteiger partial charge on any atom is -0.381 e. The van der Waals surface area contributed by atoms with Crippen molar-refractivity contribution in [3.05, 3.63) is 11.7 Å². The highest BCUT2D eigenvalue weighted by atomic mass is 35.5. The maximum absolute atomic E-state index is 12.8. The average molecular weight is 424 g/mol. The fourth-order valence-corrected chi connectivity index (χ4v) is 3.47. The van der Waals surface area contributed by atoms with E-state index < -0.39 is 5.54 Å². The summed E-state index contributed by atoms with van der Waals surface area (Å²) in [6, 6.07) is 0.286. The Kier molecular flexibility index (Phi) is 8.95. The van der Waals surface area contributed by atoms with Crippen molar-refractivity contribution in [1.29, 1.82) is 0 Å². The van der Waals surface area contributed by atoms with Crippen LogP contribution >= 0.6 is 24.8 Å². The number of likely N-dealkylation sites (N-methyl/N-ethyl adjacent to an activating group) is 1. The van der Waals surface area contributed by atoms with Crippen molar-refractivity contribution in [2.24, 2.45) is 5.73 Å². The highest BCUT2D eigenvalue weighted by Gasteiger charge is 2.41. The van der Waals surface area contributed by atoms with Gasteiger partial charge < -0.3 is 19.9 Å². The highest BCUT2D eigenvalue weighted by molar-refractivity contribution is 5.86. The van der Waals surface area contributed by atoms with Crippen molar-refractivity contribution in [3.63, 3.8) is 0 Å². The smallest absolute Gasteiger partial charge is 0.242 e. The summed E-state index contributed by atoms with van der Waals surface area (Å²) in [7, 11) is 2.04. The number of ether oxygens (including phenoxy) is 1. The van der Waals surface area contributed by atoms with E-state index in [2.05, 4.69) is 15.0 Å². The van der Waals surface area contributed by atoms with E-state index >= 15 is 0 Å². The molecular formula is C17H31Cl2N5O3. The lowest BCUT2D eigenvalue weighted by molar-refractivity contribution is -0.139. The van der Waals surface area contributed by atoms with Crippen LogP contribution in [0.15, 0.2) is 4.52 Å². The van der Waals surface area contributed by atoms with Crippen LogP contribution in [-0.4, -0.2) is 70.8 Å². The third-order valence-electron chi connectivity index (χ3n) is 5.25. The Balaban J connectivity index is 0.00000182. The normalized spacial score (nSPS) is 21.9. The Hall–Kier alpha value is -0.930. The van der Waals surface area contributed by atoms with Crippen LogP contribution in [-0.2, 0) is 16.1 Å². The van der Waals surface area contributed by atoms with E-state index in [-0.39, 0.29) is 42.7 Å². The first-order valence-electron chi connectivity index (χ1n) is 9.08. The largest absolute Gasteiger partial charge is 0.381 e. The van der Waals surface area contributed by atoms with Gasteiger partial charge in [-0.15, -0.1) is 24.8 Å². The van der Waals surface area contributed by atoms with Crippen LogP contribution in [0.4, 0.5) is 0 Å². The summed E-state index contributed by atoms with van der Waals surface area (Å²) in [5.74, 6) is 1.65. The quantitative estimate of drug-likeness (QED) is 0.766. The molecule has 3 heterocycles. The van der Waals surface area contributed by atoms with Crippen LogP contribution in [0.3, 0.4) is 0 Å². The Morgan fingerprint density at radius 1 is 1.37 bits per heavy atom. The second-order valence-electron chi connectivity index (χ2n) is 7.58. The van der Waals surface area contributed by atoms with Gasteiger partial charge in [0.2, 0.25) is 11.8 Å². The zero-order valence-electron chi connectivity index (χ0n) is 16.2. The average Bonchev–Trinajstić information content (AvgIpc) is 3.24. The number of likely N-dealkylation sites (tertiary alicyclic amines) is 1. The van der Waals surface area contributed by atoms with Crippen LogP contribution in [0.1, 0.15) is 50.7 Å². The minimum atomic E-state index is -0.758. The molecule has 156 valence electrons. The van der Waals surface area contributed by atoms with E-state index in [4.69, 9.17) is 15.0 Å². The van der Waals surface area contributed by atoms with Crippen molar-refractivity contribution in [2.75, 3.05) is 33.4 Å². The van der Waals surface area contributed by atoms with Gasteiger partial charge in [-0.25, -0.2) is 0 Å². The number of aromatic nitrogens is 2. The molecule has 2 fully saturated rings. The summed E-state index contributed by atoms with van der Waals surface area (Å²) in [6.45, 7) is 7.25. The zero-order chi connectivity index (χ0) is 18.0. The van der Waals surface area contributed by atoms with Crippen LogP contribution in [0, 0.1) is 0 Å². The van der Waals surface area contributed by atoms with Gasteiger partial charge in [-0.3, -0.25) is 9.69 Å². The second-order valence-corrected chi connectivity index (χ2v) is 7.58. The molecule has 0 spiro atoms. The first-order chi connectivity index (χ1) is 11.9. The summed E-state index contributed by atoms with van der Waals surface area (Å²) in [5, 5.41) is 4.05. The number of carbonyl (C=O) groups is 1. The first kappa shape index (κ1) is 24.1. The summed E-state index contributed by atoms with van der Waals surface area (Å²) in [4.78, 5) is 21.3. The predicted molar refractivity (Wildman–Crippen MR) is 106 cm³/mol. The molecule has 0 saturated carbocycles. The molecule has 10 heteroatoms. The topological polar surface area (TPSA) is 97.7 Å². The number of halogens is 2. The fraction of sp³-hybridized carbons (Fsp3) is 0.824. The van der Waals surface area contributed by atoms with E-state index in [9.17, 15) is 4.79 Å². The standard InChI is InChI=1S/C17H29N5O3.2ClH/c1-12(2)15-19-14(20-25-15)11-21(3)13-4-7-22(10-13)16(23)17(18)5-8-24-9-6-17;;/h12-13H,4-11,18H2,1-3H3;2*1H. The van der Waals surface area contributed by atoms with E-state index in [1.54, 1.807) is 0 Å². The van der Waals surface area contributed by atoms with Gasteiger partial charge >= 0.3 is 0 Å². The third kappa shape index (κ3) is 5.54. The lowest BCUT2D eigenvalue weighted by Crippen LogP contribution is -2.57. The molecule has 1 aromatic heterocycles. The number of carbonyl (C=O) groups excluding carboxylic acids is 1. The molecule has 27 heavy (non-hydrogen) atoms. The van der Waals surface area contributed by atoms with E-state index in [0.29, 0.717) is 50.9 Å². The third-order valence-corrected chi connectivity index (χ3v) is 5.25. The van der Waals surface area contributed by atoms with E-state index in [1.165, 1.54) is 0 Å². The molecule has 0 bridgehead atoms. The maximum atomic E-state index is 12.8. The lowest BCUT2D eigenvalue weighted by atomic mass is 9.90. The molecule has 1 atom stereocenters. The number of nitrogens with zero attached hydrogens (tertiary/aromatic N) is 4. The molecule has 0 aromatic carbocycles. The Labute approximate surface area is 173 Å². The van der Waals surface area contributed by atoms with Gasteiger partial charge in [0.15, 0.2) is 5.82 Å². The number of nitrogens with two attached hydrogens (primary N) is 1. The fourth-order valence-electron chi connectivity index (χ4n) is 3.47. The van der Waals surface area contributed by atoms with Gasteiger partial charge in [-0.2, -0.15) is 4.98 Å². The Bertz CT molecular complexity index is 607. The number of rotatable bonds is 5. The molecule has 1 amide bonds. The molecule has 0 radical (unpaired) electrons. The molecule has 0 aliphatic carbocycles. The molecule has 2 saturated heterocycles. The van der Waals surface area contributed by atoms with Crippen molar-refractivity contribution in [2.45, 2.75) is 57.2 Å². The zero-order valence-corrected chi connectivity index (χ0v) is 17.9. The molecule has 2 N–H and O–H groups in total. The summed E-state index contributed by atoms with van der Waals surface area (Å²) in [6.07, 6.45) is 2.14. The number of hydrogen-bond donors (Lipinski definition) is 1. The van der Waals surface area contributed by atoms with Crippen molar-refractivity contribution in [1.82, 2.24) is 19.9 Å². The molecule has 8 nitrogen and oxygen atoms in total. The lowest BCUT2D eigenvalue weighted by Gasteiger charge is -2.35. The predicted octanol–water partition coefficient (Wildman–Crippen LogP) is 1.58. The van der Waals surface area contributed by atoms with Crippen molar-refractivity contribution >= 4 is 30.7 Å². The summed E-state index contributed by atoms with van der Waals surface area (Å²) < 4.78 is 10.6. The van der Waals surface area contributed by atoms with Crippen molar-refractivity contribution in [3.8, 4) is 0 Å². The molecule has 3 rings (SSSR count). The number of amides is 1. The molecular weight excluding hydrogens is 393 g/mol. The van der Waals surface area contributed by atoms with Crippen molar-refractivity contribution < 1.29 is 14.1 Å². The van der Waals surface area contributed by atoms with E-state index in [0.717, 1.165) is 13.0 Å². The van der Waals surface area contributed by atoms with Crippen LogP contribution in [0.5, 0.6) is 0 Å². The Morgan fingerprint density at radius 2 is 2.04 bits per heavy atom. The van der Waals surface area contributed by atoms with Gasteiger partial charge in [0.1, 0.15) is 0 Å². The minimum absolute atomic E-state index is 0. The maximum Gasteiger partial charge on any atom is 0.242 e. The van der Waals surface area contributed by atoms with Gasteiger partial charge in [-0.05, 0) is 26.3 Å². The van der Waals surface area contributed by atoms with Gasteiger partial charge in [0, 0.05) is 38.3 Å². The van der Waals surface area contributed by atoms with Crippen LogP contribution < -0.4 is 5.73 Å². The monoisotopic (exact) mass is 423 g/mol. The Morgan fingerprint density at radius 3 is 2.63 bits per heavy atom. The summed E-state index contributed by atoms with van der Waals surface area (Å²) in [5.41, 5.74) is 5.58.